The van der Waals surface area contributed by atoms with E-state index in [0.717, 1.165) is 31.4 Å². The van der Waals surface area contributed by atoms with Crippen LogP contribution in [0.1, 0.15) is 64.6 Å². The van der Waals surface area contributed by atoms with E-state index in [1.165, 1.54) is 6.42 Å². The maximum absolute atomic E-state index is 11.0. The molecule has 0 bridgehead atoms. The zero-order valence-electron chi connectivity index (χ0n) is 11.5. The molecule has 2 unspecified atom stereocenters. The van der Waals surface area contributed by atoms with E-state index in [4.69, 9.17) is 11.6 Å². The van der Waals surface area contributed by atoms with Gasteiger partial charge in [0.15, 0.2) is 0 Å². The average Bonchev–Trinajstić information content (AvgIpc) is 2.61. The summed E-state index contributed by atoms with van der Waals surface area (Å²) in [6.45, 7) is 6.39. The minimum atomic E-state index is -0.803. The molecule has 18 heavy (non-hydrogen) atoms. The molecule has 1 N–H and O–H groups in total. The second kappa shape index (κ2) is 5.22. The van der Waals surface area contributed by atoms with Crippen molar-refractivity contribution in [2.45, 2.75) is 64.5 Å². The smallest absolute Gasteiger partial charge is 0.108 e. The van der Waals surface area contributed by atoms with Gasteiger partial charge in [0.05, 0.1) is 16.9 Å². The standard InChI is InChI=1S/C14H23ClN2O/c1-10(2)17-13(12(15)9-16-17)14(18)7-4-5-11(3)6-8-14/h9-11,18H,4-8H2,1-3H3. The molecular formula is C14H23ClN2O. The van der Waals surface area contributed by atoms with E-state index in [9.17, 15) is 5.11 Å². The number of nitrogens with zero attached hydrogens (tertiary/aromatic N) is 2. The minimum absolute atomic E-state index is 0.220. The SMILES string of the molecule is CC1CCCC(O)(c2c(Cl)cnn2C(C)C)CC1. The summed E-state index contributed by atoms with van der Waals surface area (Å²) in [4.78, 5) is 0. The summed E-state index contributed by atoms with van der Waals surface area (Å²) < 4.78 is 1.87. The first-order valence-corrected chi connectivity index (χ1v) is 7.27. The van der Waals surface area contributed by atoms with Crippen LogP contribution in [0.4, 0.5) is 0 Å². The van der Waals surface area contributed by atoms with E-state index >= 15 is 0 Å². The first-order valence-electron chi connectivity index (χ1n) is 6.90. The van der Waals surface area contributed by atoms with Crippen molar-refractivity contribution in [1.29, 1.82) is 0 Å². The number of halogens is 1. The molecule has 2 atom stereocenters. The van der Waals surface area contributed by atoms with Gasteiger partial charge in [-0.1, -0.05) is 24.9 Å². The van der Waals surface area contributed by atoms with E-state index in [0.29, 0.717) is 10.9 Å². The van der Waals surface area contributed by atoms with Gasteiger partial charge in [-0.2, -0.15) is 5.10 Å². The molecule has 0 aromatic carbocycles. The zero-order chi connectivity index (χ0) is 13.3. The van der Waals surface area contributed by atoms with Crippen LogP contribution in [-0.4, -0.2) is 14.9 Å². The molecular weight excluding hydrogens is 248 g/mol. The molecule has 0 radical (unpaired) electrons. The number of hydrogen-bond donors (Lipinski definition) is 1. The van der Waals surface area contributed by atoms with Crippen molar-refractivity contribution in [3.63, 3.8) is 0 Å². The van der Waals surface area contributed by atoms with Gasteiger partial charge in [0.1, 0.15) is 5.60 Å². The van der Waals surface area contributed by atoms with Gasteiger partial charge in [0, 0.05) is 6.04 Å². The van der Waals surface area contributed by atoms with E-state index in [1.54, 1.807) is 6.20 Å². The zero-order valence-corrected chi connectivity index (χ0v) is 12.2. The summed E-state index contributed by atoms with van der Waals surface area (Å²) in [5.74, 6) is 0.688. The third-order valence-electron chi connectivity index (χ3n) is 4.02. The van der Waals surface area contributed by atoms with Crippen LogP contribution in [0.15, 0.2) is 6.20 Å². The average molecular weight is 271 g/mol. The lowest BCUT2D eigenvalue weighted by atomic mass is 9.90. The van der Waals surface area contributed by atoms with Crippen LogP contribution >= 0.6 is 11.6 Å². The predicted molar refractivity (Wildman–Crippen MR) is 73.8 cm³/mol. The summed E-state index contributed by atoms with van der Waals surface area (Å²) >= 11 is 6.26. The summed E-state index contributed by atoms with van der Waals surface area (Å²) in [6, 6.07) is 0.220. The second-order valence-electron chi connectivity index (χ2n) is 5.95. The molecule has 0 amide bonds. The largest absolute Gasteiger partial charge is 0.384 e. The first kappa shape index (κ1) is 13.9. The van der Waals surface area contributed by atoms with Crippen LogP contribution in [0.5, 0.6) is 0 Å². The van der Waals surface area contributed by atoms with Gasteiger partial charge in [-0.3, -0.25) is 4.68 Å². The predicted octanol–water partition coefficient (Wildman–Crippen LogP) is 3.91. The van der Waals surface area contributed by atoms with Gasteiger partial charge >= 0.3 is 0 Å². The topological polar surface area (TPSA) is 38.1 Å². The second-order valence-corrected chi connectivity index (χ2v) is 6.35. The highest BCUT2D eigenvalue weighted by Crippen LogP contribution is 2.41. The summed E-state index contributed by atoms with van der Waals surface area (Å²) in [6.07, 6.45) is 6.52. The van der Waals surface area contributed by atoms with Crippen molar-refractivity contribution in [2.24, 2.45) is 5.92 Å². The molecule has 4 heteroatoms. The van der Waals surface area contributed by atoms with Crippen LogP contribution in [0, 0.1) is 5.92 Å². The summed E-state index contributed by atoms with van der Waals surface area (Å²) in [5, 5.41) is 15.9. The van der Waals surface area contributed by atoms with E-state index in [-0.39, 0.29) is 6.04 Å². The van der Waals surface area contributed by atoms with Crippen LogP contribution in [0.2, 0.25) is 5.02 Å². The van der Waals surface area contributed by atoms with E-state index in [2.05, 4.69) is 25.9 Å². The Morgan fingerprint density at radius 3 is 2.83 bits per heavy atom. The fourth-order valence-electron chi connectivity index (χ4n) is 2.90. The lowest BCUT2D eigenvalue weighted by molar-refractivity contribution is 0.0101. The first-order chi connectivity index (χ1) is 8.44. The number of hydrogen-bond acceptors (Lipinski definition) is 2. The van der Waals surface area contributed by atoms with Crippen LogP contribution in [0.25, 0.3) is 0 Å². The monoisotopic (exact) mass is 270 g/mol. The van der Waals surface area contributed by atoms with Gasteiger partial charge in [-0.25, -0.2) is 0 Å². The van der Waals surface area contributed by atoms with Crippen molar-refractivity contribution in [3.05, 3.63) is 16.9 Å². The molecule has 0 saturated heterocycles. The maximum Gasteiger partial charge on any atom is 0.108 e. The highest BCUT2D eigenvalue weighted by molar-refractivity contribution is 6.31. The highest BCUT2D eigenvalue weighted by atomic mass is 35.5. The molecule has 1 aromatic heterocycles. The number of rotatable bonds is 2. The van der Waals surface area contributed by atoms with Crippen molar-refractivity contribution in [3.8, 4) is 0 Å². The van der Waals surface area contributed by atoms with Gasteiger partial charge in [0.2, 0.25) is 0 Å². The normalized spacial score (nSPS) is 29.6. The van der Waals surface area contributed by atoms with Gasteiger partial charge in [-0.05, 0) is 45.4 Å². The van der Waals surface area contributed by atoms with E-state index in [1.807, 2.05) is 4.68 Å². The Kier molecular flexibility index (Phi) is 4.02. The molecule has 1 fully saturated rings. The molecule has 0 aliphatic heterocycles. The van der Waals surface area contributed by atoms with Crippen molar-refractivity contribution < 1.29 is 5.11 Å². The molecule has 2 rings (SSSR count). The van der Waals surface area contributed by atoms with Crippen LogP contribution < -0.4 is 0 Å². The molecule has 102 valence electrons. The number of aliphatic hydroxyl groups is 1. The maximum atomic E-state index is 11.0. The van der Waals surface area contributed by atoms with Crippen molar-refractivity contribution in [1.82, 2.24) is 9.78 Å². The van der Waals surface area contributed by atoms with Crippen molar-refractivity contribution in [2.75, 3.05) is 0 Å². The summed E-state index contributed by atoms with van der Waals surface area (Å²) in [7, 11) is 0. The lowest BCUT2D eigenvalue weighted by Gasteiger charge is -2.29. The third kappa shape index (κ3) is 2.57. The molecule has 1 saturated carbocycles. The molecule has 0 spiro atoms. The van der Waals surface area contributed by atoms with Crippen LogP contribution in [-0.2, 0) is 5.60 Å². The molecule has 1 aliphatic rings. The highest BCUT2D eigenvalue weighted by Gasteiger charge is 2.37. The molecule has 1 heterocycles. The fourth-order valence-corrected chi connectivity index (χ4v) is 3.21. The van der Waals surface area contributed by atoms with E-state index < -0.39 is 5.60 Å². The Hall–Kier alpha value is -0.540. The summed E-state index contributed by atoms with van der Waals surface area (Å²) in [5.41, 5.74) is 0.0102. The van der Waals surface area contributed by atoms with Crippen molar-refractivity contribution >= 4 is 11.6 Å². The molecule has 1 aliphatic carbocycles. The van der Waals surface area contributed by atoms with Crippen LogP contribution in [0.3, 0.4) is 0 Å². The third-order valence-corrected chi connectivity index (χ3v) is 4.30. The Morgan fingerprint density at radius 1 is 1.44 bits per heavy atom. The quantitative estimate of drug-likeness (QED) is 0.828. The Balaban J connectivity index is 2.36. The lowest BCUT2D eigenvalue weighted by Crippen LogP contribution is -2.29. The fraction of sp³-hybridized carbons (Fsp3) is 0.786. The Labute approximate surface area is 114 Å². The van der Waals surface area contributed by atoms with Gasteiger partial charge in [0.25, 0.3) is 0 Å². The molecule has 3 nitrogen and oxygen atoms in total. The van der Waals surface area contributed by atoms with Gasteiger partial charge < -0.3 is 5.11 Å². The molecule has 1 aromatic rings. The minimum Gasteiger partial charge on any atom is -0.384 e. The Bertz CT molecular complexity index is 416. The number of aromatic nitrogens is 2. The van der Waals surface area contributed by atoms with Gasteiger partial charge in [-0.15, -0.1) is 0 Å². The Morgan fingerprint density at radius 2 is 2.17 bits per heavy atom.